The predicted molar refractivity (Wildman–Crippen MR) is 101 cm³/mol. The predicted octanol–water partition coefficient (Wildman–Crippen LogP) is 3.31. The lowest BCUT2D eigenvalue weighted by molar-refractivity contribution is 0.0950. The second kappa shape index (κ2) is 7.83. The molecule has 0 aliphatic rings. The third-order valence-corrected chi connectivity index (χ3v) is 4.68. The average molecular weight is 370 g/mol. The molecule has 134 valence electrons. The number of H-pyrrole nitrogens is 1. The van der Waals surface area contributed by atoms with E-state index in [9.17, 15) is 4.79 Å². The van der Waals surface area contributed by atoms with Crippen LogP contribution in [0.2, 0.25) is 0 Å². The fraction of sp³-hybridized carbons (Fsp3) is 0.167. The molecule has 2 aromatic heterocycles. The number of ether oxygens (including phenoxy) is 2. The fourth-order valence-corrected chi connectivity index (χ4v) is 2.99. The summed E-state index contributed by atoms with van der Waals surface area (Å²) in [6.07, 6.45) is 0. The Labute approximate surface area is 154 Å². The van der Waals surface area contributed by atoms with Gasteiger partial charge in [0.15, 0.2) is 11.5 Å². The number of methoxy groups -OCH3 is 2. The molecule has 0 aliphatic heterocycles. The zero-order chi connectivity index (χ0) is 18.5. The van der Waals surface area contributed by atoms with Crippen molar-refractivity contribution in [3.05, 3.63) is 52.3 Å². The van der Waals surface area contributed by atoms with E-state index >= 15 is 0 Å². The van der Waals surface area contributed by atoms with Crippen LogP contribution in [0.15, 0.2) is 46.9 Å². The van der Waals surface area contributed by atoms with E-state index in [1.165, 1.54) is 0 Å². The molecule has 2 N–H and O–H groups in total. The third-order valence-electron chi connectivity index (χ3n) is 3.70. The number of aromatic amines is 1. The normalized spacial score (nSPS) is 11.3. The van der Waals surface area contributed by atoms with Crippen LogP contribution in [-0.2, 0) is 0 Å². The van der Waals surface area contributed by atoms with Crippen LogP contribution in [0.4, 0.5) is 0 Å². The van der Waals surface area contributed by atoms with Gasteiger partial charge in [0.1, 0.15) is 5.69 Å². The van der Waals surface area contributed by atoms with Crippen LogP contribution in [0.5, 0.6) is 11.5 Å². The molecule has 3 aromatic rings. The Balaban J connectivity index is 1.75. The van der Waals surface area contributed by atoms with Gasteiger partial charge in [-0.25, -0.2) is 5.43 Å². The van der Waals surface area contributed by atoms with Gasteiger partial charge in [-0.2, -0.15) is 10.2 Å². The molecular formula is C18H18N4O3S. The highest BCUT2D eigenvalue weighted by atomic mass is 32.1. The number of rotatable bonds is 6. The number of carbonyl (C=O) groups is 1. The first-order valence-electron chi connectivity index (χ1n) is 7.78. The Morgan fingerprint density at radius 1 is 1.19 bits per heavy atom. The molecule has 0 bridgehead atoms. The van der Waals surface area contributed by atoms with Crippen molar-refractivity contribution in [3.63, 3.8) is 0 Å². The fourth-order valence-electron chi connectivity index (χ4n) is 2.32. The molecule has 7 nitrogen and oxygen atoms in total. The highest BCUT2D eigenvalue weighted by Gasteiger charge is 2.13. The van der Waals surface area contributed by atoms with E-state index in [4.69, 9.17) is 9.47 Å². The summed E-state index contributed by atoms with van der Waals surface area (Å²) in [5, 5.41) is 13.0. The number of amides is 1. The quantitative estimate of drug-likeness (QED) is 0.515. The lowest BCUT2D eigenvalue weighted by Crippen LogP contribution is -2.19. The standard InChI is InChI=1S/C18H18N4O3S/c1-11(17-5-4-8-26-17)19-22-18(23)14-10-13(20-21-14)12-6-7-15(24-2)16(9-12)25-3/h4-10H,1-3H3,(H,20,21)(H,22,23). The number of thiophene rings is 1. The van der Waals surface area contributed by atoms with Crippen molar-refractivity contribution in [1.29, 1.82) is 0 Å². The van der Waals surface area contributed by atoms with Crippen molar-refractivity contribution < 1.29 is 14.3 Å². The van der Waals surface area contributed by atoms with Crippen molar-refractivity contribution in [2.24, 2.45) is 5.10 Å². The summed E-state index contributed by atoms with van der Waals surface area (Å²) < 4.78 is 10.5. The molecule has 0 fully saturated rings. The Hall–Kier alpha value is -3.13. The van der Waals surface area contributed by atoms with Gasteiger partial charge in [0.05, 0.1) is 25.6 Å². The number of hydrazone groups is 1. The Morgan fingerprint density at radius 2 is 2.00 bits per heavy atom. The number of nitrogens with one attached hydrogen (secondary N) is 2. The van der Waals surface area contributed by atoms with Crippen molar-refractivity contribution in [2.75, 3.05) is 14.2 Å². The number of benzene rings is 1. The second-order valence-corrected chi connectivity index (χ2v) is 6.30. The van der Waals surface area contributed by atoms with E-state index in [1.807, 2.05) is 30.5 Å². The third kappa shape index (κ3) is 3.75. The summed E-state index contributed by atoms with van der Waals surface area (Å²) in [6, 6.07) is 11.0. The van der Waals surface area contributed by atoms with Crippen LogP contribution >= 0.6 is 11.3 Å². The van der Waals surface area contributed by atoms with Gasteiger partial charge >= 0.3 is 0 Å². The second-order valence-electron chi connectivity index (χ2n) is 5.35. The maximum absolute atomic E-state index is 12.3. The van der Waals surface area contributed by atoms with Gasteiger partial charge in [-0.1, -0.05) is 6.07 Å². The summed E-state index contributed by atoms with van der Waals surface area (Å²) in [6.45, 7) is 1.84. The SMILES string of the molecule is COc1ccc(-c2cc(C(=O)NN=C(C)c3cccs3)[nH]n2)cc1OC. The van der Waals surface area contributed by atoms with Gasteiger partial charge in [0.2, 0.25) is 0 Å². The summed E-state index contributed by atoms with van der Waals surface area (Å²) in [4.78, 5) is 13.3. The molecule has 0 aliphatic carbocycles. The molecule has 0 radical (unpaired) electrons. The molecule has 8 heteroatoms. The first kappa shape index (κ1) is 17.7. The number of hydrogen-bond donors (Lipinski definition) is 2. The lowest BCUT2D eigenvalue weighted by Gasteiger charge is -2.08. The van der Waals surface area contributed by atoms with Crippen LogP contribution in [0, 0.1) is 0 Å². The number of aromatic nitrogens is 2. The molecule has 1 aromatic carbocycles. The average Bonchev–Trinajstić information content (AvgIpc) is 3.37. The largest absolute Gasteiger partial charge is 0.493 e. The van der Waals surface area contributed by atoms with Crippen LogP contribution in [0.1, 0.15) is 22.3 Å². The molecule has 0 saturated carbocycles. The van der Waals surface area contributed by atoms with Gasteiger partial charge in [-0.3, -0.25) is 9.89 Å². The first-order chi connectivity index (χ1) is 12.6. The molecule has 0 unspecified atom stereocenters. The maximum atomic E-state index is 12.3. The smallest absolute Gasteiger partial charge is 0.289 e. The van der Waals surface area contributed by atoms with E-state index in [-0.39, 0.29) is 5.91 Å². The van der Waals surface area contributed by atoms with Gasteiger partial charge in [-0.15, -0.1) is 11.3 Å². The van der Waals surface area contributed by atoms with E-state index in [0.29, 0.717) is 22.9 Å². The monoisotopic (exact) mass is 370 g/mol. The van der Waals surface area contributed by atoms with Gasteiger partial charge in [0.25, 0.3) is 5.91 Å². The van der Waals surface area contributed by atoms with Crippen molar-refractivity contribution in [3.8, 4) is 22.8 Å². The minimum Gasteiger partial charge on any atom is -0.493 e. The minimum atomic E-state index is -0.361. The van der Waals surface area contributed by atoms with Crippen molar-refractivity contribution in [1.82, 2.24) is 15.6 Å². The van der Waals surface area contributed by atoms with Crippen molar-refractivity contribution >= 4 is 23.0 Å². The Morgan fingerprint density at radius 3 is 2.69 bits per heavy atom. The maximum Gasteiger partial charge on any atom is 0.289 e. The van der Waals surface area contributed by atoms with Crippen molar-refractivity contribution in [2.45, 2.75) is 6.92 Å². The molecule has 0 saturated heterocycles. The number of carbonyl (C=O) groups excluding carboxylic acids is 1. The topological polar surface area (TPSA) is 88.6 Å². The minimum absolute atomic E-state index is 0.317. The molecule has 2 heterocycles. The van der Waals surface area contributed by atoms with Crippen LogP contribution in [0.25, 0.3) is 11.3 Å². The molecule has 3 rings (SSSR count). The van der Waals surface area contributed by atoms with E-state index in [0.717, 1.165) is 16.2 Å². The van der Waals surface area contributed by atoms with E-state index in [2.05, 4.69) is 20.7 Å². The Bertz CT molecular complexity index is 932. The number of nitrogens with zero attached hydrogens (tertiary/aromatic N) is 2. The first-order valence-corrected chi connectivity index (χ1v) is 8.66. The van der Waals surface area contributed by atoms with E-state index < -0.39 is 0 Å². The lowest BCUT2D eigenvalue weighted by atomic mass is 10.1. The summed E-state index contributed by atoms with van der Waals surface area (Å²) in [5.74, 6) is 0.860. The van der Waals surface area contributed by atoms with Crippen LogP contribution in [0.3, 0.4) is 0 Å². The Kier molecular flexibility index (Phi) is 5.33. The van der Waals surface area contributed by atoms with Crippen LogP contribution in [-0.4, -0.2) is 36.0 Å². The summed E-state index contributed by atoms with van der Waals surface area (Å²) in [7, 11) is 3.15. The number of hydrogen-bond acceptors (Lipinski definition) is 6. The summed E-state index contributed by atoms with van der Waals surface area (Å²) >= 11 is 1.56. The molecule has 1 amide bonds. The van der Waals surface area contributed by atoms with Crippen LogP contribution < -0.4 is 14.9 Å². The molecular weight excluding hydrogens is 352 g/mol. The zero-order valence-corrected chi connectivity index (χ0v) is 15.4. The van der Waals surface area contributed by atoms with Gasteiger partial charge < -0.3 is 9.47 Å². The molecule has 0 atom stereocenters. The summed E-state index contributed by atoms with van der Waals surface area (Å²) in [5.41, 5.74) is 5.02. The molecule has 0 spiro atoms. The highest BCUT2D eigenvalue weighted by molar-refractivity contribution is 7.12. The van der Waals surface area contributed by atoms with Gasteiger partial charge in [-0.05, 0) is 42.6 Å². The molecule has 26 heavy (non-hydrogen) atoms. The highest BCUT2D eigenvalue weighted by Crippen LogP contribution is 2.31. The van der Waals surface area contributed by atoms with Gasteiger partial charge in [0, 0.05) is 10.4 Å². The van der Waals surface area contributed by atoms with E-state index in [1.54, 1.807) is 43.8 Å². The zero-order valence-electron chi connectivity index (χ0n) is 14.6.